The van der Waals surface area contributed by atoms with Gasteiger partial charge in [0.05, 0.1) is 12.7 Å². The zero-order chi connectivity index (χ0) is 9.86. The molecule has 0 spiro atoms. The highest BCUT2D eigenvalue weighted by molar-refractivity contribution is 5.06. The number of hydrogen-bond acceptors (Lipinski definition) is 4. The van der Waals surface area contributed by atoms with Crippen LogP contribution in [0.4, 0.5) is 0 Å². The van der Waals surface area contributed by atoms with Gasteiger partial charge in [-0.2, -0.15) is 5.26 Å². The summed E-state index contributed by atoms with van der Waals surface area (Å²) in [4.78, 5) is 0. The zero-order valence-corrected chi connectivity index (χ0v) is 8.29. The number of rotatable bonds is 2. The van der Waals surface area contributed by atoms with Crippen molar-refractivity contribution in [2.24, 2.45) is 5.92 Å². The van der Waals surface area contributed by atoms with Gasteiger partial charge in [0.2, 0.25) is 0 Å². The van der Waals surface area contributed by atoms with E-state index < -0.39 is 5.60 Å². The molecule has 2 atom stereocenters. The first kappa shape index (κ1) is 9.91. The Morgan fingerprint density at radius 2 is 2.43 bits per heavy atom. The van der Waals surface area contributed by atoms with Gasteiger partial charge in [-0.05, 0) is 18.8 Å². The lowest BCUT2D eigenvalue weighted by Crippen LogP contribution is -2.49. The first-order valence-electron chi connectivity index (χ1n) is 5.18. The van der Waals surface area contributed by atoms with Gasteiger partial charge >= 0.3 is 0 Å². The fourth-order valence-corrected chi connectivity index (χ4v) is 2.12. The van der Waals surface area contributed by atoms with Crippen molar-refractivity contribution in [1.82, 2.24) is 5.32 Å². The molecule has 0 aromatic carbocycles. The average Bonchev–Trinajstić information content (AvgIpc) is 2.72. The van der Waals surface area contributed by atoms with Gasteiger partial charge in [-0.3, -0.25) is 0 Å². The summed E-state index contributed by atoms with van der Waals surface area (Å²) in [5.41, 5.74) is -0.601. The van der Waals surface area contributed by atoms with Gasteiger partial charge in [0, 0.05) is 26.3 Å². The molecule has 2 aliphatic rings. The Kier molecular flexibility index (Phi) is 3.02. The molecule has 0 aromatic rings. The lowest BCUT2D eigenvalue weighted by molar-refractivity contribution is -0.0402. The van der Waals surface area contributed by atoms with Crippen LogP contribution in [0.2, 0.25) is 0 Å². The fourth-order valence-electron chi connectivity index (χ4n) is 2.12. The Bertz CT molecular complexity index is 225. The normalized spacial score (nSPS) is 38.1. The van der Waals surface area contributed by atoms with E-state index in [0.717, 1.165) is 32.6 Å². The van der Waals surface area contributed by atoms with Crippen LogP contribution in [0.25, 0.3) is 0 Å². The quantitative estimate of drug-likeness (QED) is 0.690. The molecule has 1 N–H and O–H groups in total. The minimum Gasteiger partial charge on any atom is -0.381 e. The highest BCUT2D eigenvalue weighted by atomic mass is 16.5. The molecule has 4 heteroatoms. The molecule has 0 bridgehead atoms. The van der Waals surface area contributed by atoms with Crippen LogP contribution in [0.3, 0.4) is 0 Å². The topological polar surface area (TPSA) is 54.3 Å². The van der Waals surface area contributed by atoms with Crippen molar-refractivity contribution in [3.8, 4) is 6.07 Å². The molecular weight excluding hydrogens is 180 g/mol. The number of nitrogens with zero attached hydrogens (tertiary/aromatic N) is 1. The number of ether oxygens (including phenoxy) is 2. The molecular formula is C10H16N2O2. The van der Waals surface area contributed by atoms with Crippen LogP contribution >= 0.6 is 0 Å². The molecule has 2 heterocycles. The van der Waals surface area contributed by atoms with Gasteiger partial charge in [0.1, 0.15) is 0 Å². The predicted octanol–water partition coefficient (Wildman–Crippen LogP) is 0.295. The SMILES string of the molecule is N#CC1(CC2CCOC2)CNCCO1. The Labute approximate surface area is 84.2 Å². The second-order valence-corrected chi connectivity index (χ2v) is 4.07. The minimum absolute atomic E-state index is 0.495. The van der Waals surface area contributed by atoms with Gasteiger partial charge in [0.15, 0.2) is 5.60 Å². The van der Waals surface area contributed by atoms with Crippen LogP contribution in [0.5, 0.6) is 0 Å². The molecule has 0 saturated carbocycles. The summed E-state index contributed by atoms with van der Waals surface area (Å²) in [5, 5.41) is 12.4. The average molecular weight is 196 g/mol. The van der Waals surface area contributed by atoms with Crippen LogP contribution in [-0.4, -0.2) is 38.5 Å². The molecule has 2 unspecified atom stereocenters. The molecule has 2 rings (SSSR count). The predicted molar refractivity (Wildman–Crippen MR) is 50.7 cm³/mol. The summed E-state index contributed by atoms with van der Waals surface area (Å²) in [6, 6.07) is 2.30. The van der Waals surface area contributed by atoms with Gasteiger partial charge in [0.25, 0.3) is 0 Å². The fraction of sp³-hybridized carbons (Fsp3) is 0.900. The second kappa shape index (κ2) is 4.26. The lowest BCUT2D eigenvalue weighted by atomic mass is 9.90. The summed E-state index contributed by atoms with van der Waals surface area (Å²) < 4.78 is 10.9. The number of hydrogen-bond donors (Lipinski definition) is 1. The molecule has 2 aliphatic heterocycles. The molecule has 4 nitrogen and oxygen atoms in total. The van der Waals surface area contributed by atoms with E-state index in [0.29, 0.717) is 19.1 Å². The highest BCUT2D eigenvalue weighted by Gasteiger charge is 2.36. The Hall–Kier alpha value is -0.630. The summed E-state index contributed by atoms with van der Waals surface area (Å²) in [5.74, 6) is 0.495. The lowest BCUT2D eigenvalue weighted by Gasteiger charge is -2.33. The van der Waals surface area contributed by atoms with E-state index in [1.165, 1.54) is 0 Å². The summed E-state index contributed by atoms with van der Waals surface area (Å²) in [6.45, 7) is 3.76. The van der Waals surface area contributed by atoms with E-state index in [2.05, 4.69) is 11.4 Å². The van der Waals surface area contributed by atoms with Crippen molar-refractivity contribution in [3.05, 3.63) is 0 Å². The third-order valence-electron chi connectivity index (χ3n) is 2.91. The maximum atomic E-state index is 9.15. The molecule has 0 radical (unpaired) electrons. The Balaban J connectivity index is 1.93. The van der Waals surface area contributed by atoms with E-state index in [-0.39, 0.29) is 0 Å². The summed E-state index contributed by atoms with van der Waals surface area (Å²) in [7, 11) is 0. The third kappa shape index (κ3) is 2.06. The van der Waals surface area contributed by atoms with Gasteiger partial charge < -0.3 is 14.8 Å². The maximum absolute atomic E-state index is 9.15. The van der Waals surface area contributed by atoms with E-state index in [4.69, 9.17) is 14.7 Å². The van der Waals surface area contributed by atoms with Crippen molar-refractivity contribution in [1.29, 1.82) is 5.26 Å². The van der Waals surface area contributed by atoms with E-state index in [1.54, 1.807) is 0 Å². The molecule has 0 aliphatic carbocycles. The van der Waals surface area contributed by atoms with Crippen molar-refractivity contribution >= 4 is 0 Å². The van der Waals surface area contributed by atoms with Crippen molar-refractivity contribution in [2.75, 3.05) is 32.9 Å². The Morgan fingerprint density at radius 1 is 1.50 bits per heavy atom. The van der Waals surface area contributed by atoms with Crippen molar-refractivity contribution < 1.29 is 9.47 Å². The first-order chi connectivity index (χ1) is 6.85. The molecule has 0 aromatic heterocycles. The molecule has 2 saturated heterocycles. The van der Waals surface area contributed by atoms with Gasteiger partial charge in [-0.25, -0.2) is 0 Å². The van der Waals surface area contributed by atoms with Crippen LogP contribution in [-0.2, 0) is 9.47 Å². The van der Waals surface area contributed by atoms with Crippen LogP contribution < -0.4 is 5.32 Å². The molecule has 14 heavy (non-hydrogen) atoms. The monoisotopic (exact) mass is 196 g/mol. The first-order valence-corrected chi connectivity index (χ1v) is 5.18. The summed E-state index contributed by atoms with van der Waals surface area (Å²) >= 11 is 0. The molecule has 2 fully saturated rings. The van der Waals surface area contributed by atoms with E-state index in [9.17, 15) is 0 Å². The number of morpholine rings is 1. The minimum atomic E-state index is -0.601. The Morgan fingerprint density at radius 3 is 3.00 bits per heavy atom. The molecule has 78 valence electrons. The second-order valence-electron chi connectivity index (χ2n) is 4.07. The number of nitrogens with one attached hydrogen (secondary N) is 1. The van der Waals surface area contributed by atoms with Crippen molar-refractivity contribution in [3.63, 3.8) is 0 Å². The summed E-state index contributed by atoms with van der Waals surface area (Å²) in [6.07, 6.45) is 1.86. The van der Waals surface area contributed by atoms with Gasteiger partial charge in [-0.1, -0.05) is 0 Å². The zero-order valence-electron chi connectivity index (χ0n) is 8.29. The number of nitriles is 1. The largest absolute Gasteiger partial charge is 0.381 e. The van der Waals surface area contributed by atoms with Gasteiger partial charge in [-0.15, -0.1) is 0 Å². The van der Waals surface area contributed by atoms with Crippen molar-refractivity contribution in [2.45, 2.75) is 18.4 Å². The van der Waals surface area contributed by atoms with Crippen LogP contribution in [0, 0.1) is 17.2 Å². The van der Waals surface area contributed by atoms with Crippen LogP contribution in [0.1, 0.15) is 12.8 Å². The molecule has 0 amide bonds. The van der Waals surface area contributed by atoms with Crippen LogP contribution in [0.15, 0.2) is 0 Å². The maximum Gasteiger partial charge on any atom is 0.166 e. The third-order valence-corrected chi connectivity index (χ3v) is 2.91. The smallest absolute Gasteiger partial charge is 0.166 e. The highest BCUT2D eigenvalue weighted by Crippen LogP contribution is 2.27. The van der Waals surface area contributed by atoms with E-state index >= 15 is 0 Å². The standard InChI is InChI=1S/C10H16N2O2/c11-7-10(8-12-2-4-14-10)5-9-1-3-13-6-9/h9,12H,1-6,8H2. The van der Waals surface area contributed by atoms with E-state index in [1.807, 2.05) is 0 Å².